The molecule has 0 amide bonds. The Morgan fingerprint density at radius 3 is 2.34 bits per heavy atom. The third kappa shape index (κ3) is 4.07. The van der Waals surface area contributed by atoms with Crippen molar-refractivity contribution in [1.82, 2.24) is 4.57 Å². The zero-order chi connectivity index (χ0) is 38.7. The molecule has 1 N–H and O–H groups in total. The predicted molar refractivity (Wildman–Crippen MR) is 246 cm³/mol. The number of aryl methyl sites for hydroxylation is 1. The first-order valence-electron chi connectivity index (χ1n) is 21.8. The molecule has 8 aromatic rings. The maximum absolute atomic E-state index is 4.20. The Morgan fingerprint density at radius 2 is 1.42 bits per heavy atom. The Kier molecular flexibility index (Phi) is 6.30. The van der Waals surface area contributed by atoms with E-state index in [4.69, 9.17) is 0 Å². The van der Waals surface area contributed by atoms with Crippen LogP contribution in [0.3, 0.4) is 0 Å². The minimum atomic E-state index is 0.0458. The Bertz CT molecular complexity index is 3290. The number of hydrogen-bond acceptors (Lipinski definition) is 1. The quantitative estimate of drug-likeness (QED) is 0.186. The minimum absolute atomic E-state index is 0.0458. The summed E-state index contributed by atoms with van der Waals surface area (Å²) >= 11 is 0. The summed E-state index contributed by atoms with van der Waals surface area (Å²) < 4.78 is 2.76. The number of nitrogens with zero attached hydrogens (tertiary/aromatic N) is 1. The van der Waals surface area contributed by atoms with Gasteiger partial charge in [-0.25, -0.2) is 0 Å². The van der Waals surface area contributed by atoms with Crippen molar-refractivity contribution >= 4 is 44.3 Å². The van der Waals surface area contributed by atoms with Gasteiger partial charge in [0, 0.05) is 39.6 Å². The molecule has 6 aliphatic rings. The van der Waals surface area contributed by atoms with E-state index < -0.39 is 0 Å². The van der Waals surface area contributed by atoms with E-state index >= 15 is 0 Å². The summed E-state index contributed by atoms with van der Waals surface area (Å²) in [5.74, 6) is 1.35. The SMILES string of the molecule is CC1(C)c2ccccc2C2C=C(C3CC(n4c5ccc6c(c5c5c7c(c8ccccc8c54)C4c5ccccc5-c5cccc-7c54)CCC=C6)Nc4ccccc43)C=CC21. The highest BCUT2D eigenvalue weighted by Crippen LogP contribution is 2.63. The van der Waals surface area contributed by atoms with Crippen LogP contribution in [0.2, 0.25) is 0 Å². The van der Waals surface area contributed by atoms with E-state index in [-0.39, 0.29) is 23.4 Å². The number of rotatable bonds is 2. The number of benzene rings is 7. The minimum Gasteiger partial charge on any atom is -0.365 e. The molecule has 5 aliphatic carbocycles. The third-order valence-corrected chi connectivity index (χ3v) is 15.6. The van der Waals surface area contributed by atoms with Crippen LogP contribution >= 0.6 is 0 Å². The topological polar surface area (TPSA) is 17.0 Å². The van der Waals surface area contributed by atoms with Gasteiger partial charge in [-0.3, -0.25) is 0 Å². The Labute approximate surface area is 345 Å². The van der Waals surface area contributed by atoms with Gasteiger partial charge < -0.3 is 9.88 Å². The van der Waals surface area contributed by atoms with Gasteiger partial charge in [0.15, 0.2) is 0 Å². The van der Waals surface area contributed by atoms with Crippen LogP contribution in [-0.4, -0.2) is 4.57 Å². The average Bonchev–Trinajstić information content (AvgIpc) is 3.99. The van der Waals surface area contributed by atoms with E-state index in [1.807, 2.05) is 0 Å². The molecule has 0 bridgehead atoms. The second-order valence-electron chi connectivity index (χ2n) is 18.6. The zero-order valence-corrected chi connectivity index (χ0v) is 33.5. The first-order chi connectivity index (χ1) is 29.1. The summed E-state index contributed by atoms with van der Waals surface area (Å²) in [6.07, 6.45) is 15.6. The smallest absolute Gasteiger partial charge is 0.105 e. The first kappa shape index (κ1) is 32.6. The molecule has 0 saturated heterocycles. The summed E-state index contributed by atoms with van der Waals surface area (Å²) in [5, 5.41) is 9.85. The molecule has 59 heavy (non-hydrogen) atoms. The molecular formula is C57H44N2. The van der Waals surface area contributed by atoms with E-state index in [1.54, 1.807) is 0 Å². The lowest BCUT2D eigenvalue weighted by atomic mass is 9.71. The summed E-state index contributed by atoms with van der Waals surface area (Å²) in [6, 6.07) is 48.9. The van der Waals surface area contributed by atoms with Crippen molar-refractivity contribution in [2.45, 2.75) is 62.4 Å². The van der Waals surface area contributed by atoms with Crippen LogP contribution in [0.1, 0.15) is 95.1 Å². The average molecular weight is 757 g/mol. The molecule has 5 atom stereocenters. The fourth-order valence-corrected chi connectivity index (χ4v) is 13.2. The van der Waals surface area contributed by atoms with Crippen LogP contribution < -0.4 is 5.32 Å². The maximum Gasteiger partial charge on any atom is 0.105 e. The monoisotopic (exact) mass is 756 g/mol. The Balaban J connectivity index is 1.04. The van der Waals surface area contributed by atoms with Crippen molar-refractivity contribution in [3.8, 4) is 22.3 Å². The molecule has 282 valence electrons. The van der Waals surface area contributed by atoms with Gasteiger partial charge in [0.2, 0.25) is 0 Å². The second-order valence-corrected chi connectivity index (χ2v) is 18.6. The second kappa shape index (κ2) is 11.4. The van der Waals surface area contributed by atoms with Crippen molar-refractivity contribution in [2.24, 2.45) is 5.92 Å². The van der Waals surface area contributed by atoms with Gasteiger partial charge >= 0.3 is 0 Å². The lowest BCUT2D eigenvalue weighted by Crippen LogP contribution is -2.29. The fraction of sp³-hybridized carbons (Fsp3) is 0.193. The van der Waals surface area contributed by atoms with Crippen molar-refractivity contribution in [3.05, 3.63) is 202 Å². The highest BCUT2D eigenvalue weighted by Gasteiger charge is 2.46. The number of hydrogen-bond donors (Lipinski definition) is 1. The molecule has 2 nitrogen and oxygen atoms in total. The summed E-state index contributed by atoms with van der Waals surface area (Å²) in [5.41, 5.74) is 22.9. The van der Waals surface area contributed by atoms with Crippen molar-refractivity contribution in [2.75, 3.05) is 5.32 Å². The zero-order valence-electron chi connectivity index (χ0n) is 33.5. The number of fused-ring (bicyclic) bond motifs is 19. The van der Waals surface area contributed by atoms with Crippen LogP contribution in [0.15, 0.2) is 157 Å². The normalized spacial score (nSPS) is 23.3. The molecule has 14 rings (SSSR count). The Morgan fingerprint density at radius 1 is 0.661 bits per heavy atom. The molecule has 0 fully saturated rings. The van der Waals surface area contributed by atoms with Crippen LogP contribution in [0.25, 0.3) is 60.9 Å². The van der Waals surface area contributed by atoms with Gasteiger partial charge in [-0.05, 0) is 120 Å². The molecule has 0 radical (unpaired) electrons. The number of allylic oxidation sites excluding steroid dienone is 5. The van der Waals surface area contributed by atoms with Crippen molar-refractivity contribution in [1.29, 1.82) is 0 Å². The summed E-state index contributed by atoms with van der Waals surface area (Å²) in [6.45, 7) is 4.88. The van der Waals surface area contributed by atoms with Gasteiger partial charge in [-0.15, -0.1) is 0 Å². The molecule has 5 unspecified atom stereocenters. The van der Waals surface area contributed by atoms with E-state index in [0.717, 1.165) is 19.3 Å². The molecule has 7 aromatic carbocycles. The highest BCUT2D eigenvalue weighted by molar-refractivity contribution is 6.28. The third-order valence-electron chi connectivity index (χ3n) is 15.6. The van der Waals surface area contributed by atoms with Gasteiger partial charge in [0.25, 0.3) is 0 Å². The van der Waals surface area contributed by atoms with E-state index in [1.165, 1.54) is 111 Å². The molecule has 1 aliphatic heterocycles. The van der Waals surface area contributed by atoms with Crippen LogP contribution in [-0.2, 0) is 11.8 Å². The molecule has 2 heteroatoms. The number of anilines is 1. The predicted octanol–water partition coefficient (Wildman–Crippen LogP) is 14.3. The maximum atomic E-state index is 4.20. The summed E-state index contributed by atoms with van der Waals surface area (Å²) in [7, 11) is 0. The summed E-state index contributed by atoms with van der Waals surface area (Å²) in [4.78, 5) is 0. The van der Waals surface area contributed by atoms with Gasteiger partial charge in [-0.2, -0.15) is 0 Å². The van der Waals surface area contributed by atoms with Gasteiger partial charge in [0.05, 0.1) is 11.0 Å². The van der Waals surface area contributed by atoms with Crippen LogP contribution in [0, 0.1) is 5.92 Å². The molecule has 2 heterocycles. The highest BCUT2D eigenvalue weighted by atomic mass is 15.2. The molecular weight excluding hydrogens is 713 g/mol. The van der Waals surface area contributed by atoms with Crippen molar-refractivity contribution < 1.29 is 0 Å². The number of nitrogens with one attached hydrogen (secondary N) is 1. The van der Waals surface area contributed by atoms with E-state index in [9.17, 15) is 0 Å². The first-order valence-corrected chi connectivity index (χ1v) is 21.8. The fourth-order valence-electron chi connectivity index (χ4n) is 13.2. The van der Waals surface area contributed by atoms with Crippen LogP contribution in [0.5, 0.6) is 0 Å². The van der Waals surface area contributed by atoms with Gasteiger partial charge in [-0.1, -0.05) is 159 Å². The molecule has 0 spiro atoms. The largest absolute Gasteiger partial charge is 0.365 e. The molecule has 0 saturated carbocycles. The van der Waals surface area contributed by atoms with Gasteiger partial charge in [0.1, 0.15) is 6.17 Å². The Hall–Kier alpha value is -6.38. The number of para-hydroxylation sites is 1. The number of aromatic nitrogens is 1. The van der Waals surface area contributed by atoms with Crippen molar-refractivity contribution in [3.63, 3.8) is 0 Å². The lowest BCUT2D eigenvalue weighted by Gasteiger charge is -2.38. The van der Waals surface area contributed by atoms with E-state index in [2.05, 4.69) is 182 Å². The lowest BCUT2D eigenvalue weighted by molar-refractivity contribution is 0.390. The molecule has 1 aromatic heterocycles. The standard InChI is InChI=1S/C57H44N2/c1-57(2)45-24-11-9-17-36(45)44-30-33(26-28-46(44)57)43-31-49(58-47-25-12-10-18-37(43)47)59-48-29-27-32-14-3-4-15-34(32)51(48)55-54-42-23-13-22-38-35-16-5-6-19-39(35)52(50(38)42)53(54)40-20-7-8-21-41(40)56(55)59/h3,5-14,16-30,43-44,46,49,52,58H,4,15,31H2,1-2H3. The van der Waals surface area contributed by atoms with Crippen LogP contribution in [0.4, 0.5) is 5.69 Å². The van der Waals surface area contributed by atoms with E-state index in [0.29, 0.717) is 11.8 Å².